The number of pyridine rings is 1. The lowest BCUT2D eigenvalue weighted by molar-refractivity contribution is -0.123. The van der Waals surface area contributed by atoms with Crippen molar-refractivity contribution in [2.75, 3.05) is 6.61 Å². The van der Waals surface area contributed by atoms with E-state index < -0.39 is 0 Å². The van der Waals surface area contributed by atoms with Crippen molar-refractivity contribution < 1.29 is 13.9 Å². The summed E-state index contributed by atoms with van der Waals surface area (Å²) in [5, 5.41) is 3.47. The fourth-order valence-electron chi connectivity index (χ4n) is 2.15. The summed E-state index contributed by atoms with van der Waals surface area (Å²) in [6.45, 7) is 4.02. The molecule has 23 heavy (non-hydrogen) atoms. The fourth-order valence-corrected chi connectivity index (χ4v) is 2.15. The Hall–Kier alpha value is -2.96. The number of hydrogen-bond donors (Lipinski definition) is 1. The Balaban J connectivity index is 1.63. The van der Waals surface area contributed by atoms with Crippen LogP contribution in [-0.4, -0.2) is 27.5 Å². The molecule has 7 heteroatoms. The van der Waals surface area contributed by atoms with Crippen molar-refractivity contribution in [1.82, 2.24) is 20.3 Å². The maximum atomic E-state index is 11.9. The Morgan fingerprint density at radius 3 is 3.00 bits per heavy atom. The van der Waals surface area contributed by atoms with Gasteiger partial charge >= 0.3 is 0 Å². The predicted molar refractivity (Wildman–Crippen MR) is 82.9 cm³/mol. The third kappa shape index (κ3) is 3.28. The van der Waals surface area contributed by atoms with Crippen LogP contribution in [-0.2, 0) is 11.3 Å². The highest BCUT2D eigenvalue weighted by molar-refractivity contribution is 5.84. The predicted octanol–water partition coefficient (Wildman–Crippen LogP) is 1.93. The van der Waals surface area contributed by atoms with Gasteiger partial charge < -0.3 is 14.5 Å². The molecule has 7 nitrogen and oxygen atoms in total. The van der Waals surface area contributed by atoms with Gasteiger partial charge in [-0.05, 0) is 25.5 Å². The number of carbonyl (C=O) groups is 1. The number of aromatic nitrogens is 3. The van der Waals surface area contributed by atoms with Crippen LogP contribution in [0.15, 0.2) is 35.3 Å². The van der Waals surface area contributed by atoms with Gasteiger partial charge in [-0.1, -0.05) is 6.07 Å². The van der Waals surface area contributed by atoms with Gasteiger partial charge in [0.25, 0.3) is 5.91 Å². The first kappa shape index (κ1) is 15.0. The Kier molecular flexibility index (Phi) is 4.18. The molecule has 3 aromatic heterocycles. The third-order valence-electron chi connectivity index (χ3n) is 3.48. The molecule has 0 saturated carbocycles. The second-order valence-corrected chi connectivity index (χ2v) is 5.07. The molecule has 0 radical (unpaired) electrons. The highest BCUT2D eigenvalue weighted by Gasteiger charge is 2.15. The normalized spacial score (nSPS) is 10.7. The zero-order valence-electron chi connectivity index (χ0n) is 12.9. The van der Waals surface area contributed by atoms with Crippen LogP contribution >= 0.6 is 0 Å². The van der Waals surface area contributed by atoms with Crippen LogP contribution in [0.4, 0.5) is 0 Å². The van der Waals surface area contributed by atoms with Crippen LogP contribution in [0.25, 0.3) is 11.1 Å². The SMILES string of the molecule is Cc1oc2ncnc(OCC(=O)NCc3cccnc3)c2c1C. The van der Waals surface area contributed by atoms with Gasteiger partial charge in [0.15, 0.2) is 6.61 Å². The number of furan rings is 1. The number of nitrogens with zero attached hydrogens (tertiary/aromatic N) is 3. The Morgan fingerprint density at radius 2 is 2.22 bits per heavy atom. The monoisotopic (exact) mass is 312 g/mol. The lowest BCUT2D eigenvalue weighted by atomic mass is 10.2. The summed E-state index contributed by atoms with van der Waals surface area (Å²) >= 11 is 0. The number of nitrogens with one attached hydrogen (secondary N) is 1. The number of fused-ring (bicyclic) bond motifs is 1. The average Bonchev–Trinajstić information content (AvgIpc) is 2.87. The molecular weight excluding hydrogens is 296 g/mol. The summed E-state index contributed by atoms with van der Waals surface area (Å²) < 4.78 is 11.0. The Labute approximate surface area is 132 Å². The molecule has 0 unspecified atom stereocenters. The molecule has 3 rings (SSSR count). The molecule has 0 saturated heterocycles. The smallest absolute Gasteiger partial charge is 0.258 e. The Bertz CT molecular complexity index is 830. The second-order valence-electron chi connectivity index (χ2n) is 5.07. The van der Waals surface area contributed by atoms with Crippen LogP contribution in [0.1, 0.15) is 16.9 Å². The van der Waals surface area contributed by atoms with E-state index in [4.69, 9.17) is 9.15 Å². The van der Waals surface area contributed by atoms with Gasteiger partial charge in [-0.3, -0.25) is 9.78 Å². The van der Waals surface area contributed by atoms with Crippen molar-refractivity contribution in [2.24, 2.45) is 0 Å². The summed E-state index contributed by atoms with van der Waals surface area (Å²) in [6, 6.07) is 3.71. The van der Waals surface area contributed by atoms with Crippen molar-refractivity contribution in [3.05, 3.63) is 47.7 Å². The van der Waals surface area contributed by atoms with E-state index in [1.165, 1.54) is 6.33 Å². The first-order chi connectivity index (χ1) is 11.1. The molecular formula is C16H16N4O3. The van der Waals surface area contributed by atoms with Crippen molar-refractivity contribution in [3.8, 4) is 5.88 Å². The molecule has 0 fully saturated rings. The minimum absolute atomic E-state index is 0.129. The topological polar surface area (TPSA) is 90.1 Å². The largest absolute Gasteiger partial charge is 0.467 e. The quantitative estimate of drug-likeness (QED) is 0.774. The fraction of sp³-hybridized carbons (Fsp3) is 0.250. The van der Waals surface area contributed by atoms with Gasteiger partial charge in [-0.15, -0.1) is 0 Å². The maximum Gasteiger partial charge on any atom is 0.258 e. The molecule has 0 atom stereocenters. The molecule has 0 aliphatic rings. The first-order valence-electron chi connectivity index (χ1n) is 7.14. The minimum atomic E-state index is -0.238. The molecule has 0 spiro atoms. The van der Waals surface area contributed by atoms with Crippen molar-refractivity contribution in [1.29, 1.82) is 0 Å². The molecule has 3 aromatic rings. The molecule has 0 aliphatic carbocycles. The van der Waals surface area contributed by atoms with Gasteiger partial charge in [0.2, 0.25) is 11.6 Å². The van der Waals surface area contributed by atoms with E-state index in [1.54, 1.807) is 12.4 Å². The Morgan fingerprint density at radius 1 is 1.35 bits per heavy atom. The maximum absolute atomic E-state index is 11.9. The number of ether oxygens (including phenoxy) is 1. The average molecular weight is 312 g/mol. The van der Waals surface area contributed by atoms with Crippen molar-refractivity contribution >= 4 is 17.0 Å². The van der Waals surface area contributed by atoms with Crippen LogP contribution in [0.3, 0.4) is 0 Å². The van der Waals surface area contributed by atoms with Gasteiger partial charge in [-0.25, -0.2) is 9.97 Å². The van der Waals surface area contributed by atoms with Gasteiger partial charge in [-0.2, -0.15) is 0 Å². The van der Waals surface area contributed by atoms with Gasteiger partial charge in [0, 0.05) is 24.5 Å². The molecule has 0 aliphatic heterocycles. The van der Waals surface area contributed by atoms with Crippen LogP contribution in [0.2, 0.25) is 0 Å². The molecule has 3 heterocycles. The summed E-state index contributed by atoms with van der Waals surface area (Å²) in [5.41, 5.74) is 2.29. The zero-order chi connectivity index (χ0) is 16.2. The zero-order valence-corrected chi connectivity index (χ0v) is 12.9. The lowest BCUT2D eigenvalue weighted by Crippen LogP contribution is -2.28. The summed E-state index contributed by atoms with van der Waals surface area (Å²) in [5.74, 6) is 0.866. The first-order valence-corrected chi connectivity index (χ1v) is 7.14. The van der Waals surface area contributed by atoms with Crippen LogP contribution in [0, 0.1) is 13.8 Å². The standard InChI is InChI=1S/C16H16N4O3/c1-10-11(2)23-16-14(10)15(19-9-20-16)22-8-13(21)18-7-12-4-3-5-17-6-12/h3-6,9H,7-8H2,1-2H3,(H,18,21). The van der Waals surface area contributed by atoms with E-state index in [0.717, 1.165) is 16.9 Å². The summed E-state index contributed by atoms with van der Waals surface area (Å²) in [6.07, 6.45) is 4.74. The van der Waals surface area contributed by atoms with E-state index >= 15 is 0 Å². The molecule has 1 amide bonds. The number of hydrogen-bond acceptors (Lipinski definition) is 6. The number of amides is 1. The van der Waals surface area contributed by atoms with Gasteiger partial charge in [0.05, 0.1) is 0 Å². The van der Waals surface area contributed by atoms with Crippen molar-refractivity contribution in [2.45, 2.75) is 20.4 Å². The molecule has 1 N–H and O–H groups in total. The molecule has 118 valence electrons. The molecule has 0 bridgehead atoms. The number of aryl methyl sites for hydroxylation is 2. The van der Waals surface area contributed by atoms with Crippen molar-refractivity contribution in [3.63, 3.8) is 0 Å². The number of carbonyl (C=O) groups excluding carboxylic acids is 1. The van der Waals surface area contributed by atoms with E-state index in [0.29, 0.717) is 23.5 Å². The summed E-state index contributed by atoms with van der Waals surface area (Å²) in [7, 11) is 0. The molecule has 0 aromatic carbocycles. The van der Waals surface area contributed by atoms with E-state index in [2.05, 4.69) is 20.3 Å². The lowest BCUT2D eigenvalue weighted by Gasteiger charge is -2.07. The minimum Gasteiger partial charge on any atom is -0.467 e. The summed E-state index contributed by atoms with van der Waals surface area (Å²) in [4.78, 5) is 24.0. The third-order valence-corrected chi connectivity index (χ3v) is 3.48. The number of rotatable bonds is 5. The second kappa shape index (κ2) is 6.43. The highest BCUT2D eigenvalue weighted by atomic mass is 16.5. The van der Waals surface area contributed by atoms with Crippen LogP contribution in [0.5, 0.6) is 5.88 Å². The van der Waals surface area contributed by atoms with Gasteiger partial charge in [0.1, 0.15) is 17.5 Å². The van der Waals surface area contributed by atoms with Crippen LogP contribution < -0.4 is 10.1 Å². The van der Waals surface area contributed by atoms with E-state index in [1.807, 2.05) is 26.0 Å². The van der Waals surface area contributed by atoms with E-state index in [-0.39, 0.29) is 12.5 Å². The van der Waals surface area contributed by atoms with E-state index in [9.17, 15) is 4.79 Å². The highest BCUT2D eigenvalue weighted by Crippen LogP contribution is 2.29.